The zero-order chi connectivity index (χ0) is 44.3. The highest BCUT2D eigenvalue weighted by molar-refractivity contribution is 5.69. The Balaban J connectivity index is 2.30. The van der Waals surface area contributed by atoms with Crippen molar-refractivity contribution in [2.75, 3.05) is 26.4 Å². The molecular formula is C52H88O9. The Morgan fingerprint density at radius 3 is 1.51 bits per heavy atom. The summed E-state index contributed by atoms with van der Waals surface area (Å²) in [6, 6.07) is 0. The minimum Gasteiger partial charge on any atom is -0.457 e. The number of rotatable bonds is 40. The van der Waals surface area contributed by atoms with Gasteiger partial charge in [0.25, 0.3) is 0 Å². The lowest BCUT2D eigenvalue weighted by Gasteiger charge is -2.39. The van der Waals surface area contributed by atoms with Crippen LogP contribution in [0.4, 0.5) is 0 Å². The average molecular weight is 857 g/mol. The van der Waals surface area contributed by atoms with Crippen LogP contribution in [0.25, 0.3) is 0 Å². The number of aliphatic hydroxyl groups excluding tert-OH is 4. The van der Waals surface area contributed by atoms with Crippen molar-refractivity contribution in [3.63, 3.8) is 0 Å². The highest BCUT2D eigenvalue weighted by Gasteiger charge is 2.44. The number of aliphatic hydroxyl groups is 4. The Morgan fingerprint density at radius 2 is 1.00 bits per heavy atom. The van der Waals surface area contributed by atoms with Gasteiger partial charge in [-0.25, -0.2) is 0 Å². The van der Waals surface area contributed by atoms with Gasteiger partial charge in [0.1, 0.15) is 30.5 Å². The second-order valence-corrected chi connectivity index (χ2v) is 16.2. The van der Waals surface area contributed by atoms with Crippen LogP contribution >= 0.6 is 0 Å². The molecule has 4 N–H and O–H groups in total. The molecule has 0 radical (unpaired) electrons. The quantitative estimate of drug-likeness (QED) is 0.0270. The molecule has 1 rings (SSSR count). The Morgan fingerprint density at radius 1 is 0.541 bits per heavy atom. The van der Waals surface area contributed by atoms with Gasteiger partial charge >= 0.3 is 5.97 Å². The number of ether oxygens (including phenoxy) is 4. The maximum absolute atomic E-state index is 12.8. The molecule has 0 spiro atoms. The van der Waals surface area contributed by atoms with Gasteiger partial charge < -0.3 is 39.4 Å². The van der Waals surface area contributed by atoms with Crippen molar-refractivity contribution < 1.29 is 44.2 Å². The molecule has 1 saturated heterocycles. The van der Waals surface area contributed by atoms with E-state index in [0.29, 0.717) is 13.0 Å². The summed E-state index contributed by atoms with van der Waals surface area (Å²) >= 11 is 0. The molecule has 61 heavy (non-hydrogen) atoms. The lowest BCUT2D eigenvalue weighted by Crippen LogP contribution is -2.59. The maximum Gasteiger partial charge on any atom is 0.306 e. The fraction of sp³-hybridized carbons (Fsp3) is 0.712. The van der Waals surface area contributed by atoms with E-state index in [1.165, 1.54) is 89.9 Å². The number of carbonyl (C=O) groups excluding carboxylic acids is 1. The van der Waals surface area contributed by atoms with Crippen LogP contribution in [0.3, 0.4) is 0 Å². The van der Waals surface area contributed by atoms with E-state index in [1.54, 1.807) is 0 Å². The van der Waals surface area contributed by atoms with E-state index >= 15 is 0 Å². The van der Waals surface area contributed by atoms with E-state index in [9.17, 15) is 25.2 Å². The first-order valence-corrected chi connectivity index (χ1v) is 24.2. The summed E-state index contributed by atoms with van der Waals surface area (Å²) in [5.74, 6) is -0.398. The number of unbranched alkanes of at least 4 members (excludes halogenated alkanes) is 15. The molecule has 9 nitrogen and oxygen atoms in total. The van der Waals surface area contributed by atoms with Crippen molar-refractivity contribution in [3.8, 4) is 0 Å². The van der Waals surface area contributed by atoms with Crippen LogP contribution < -0.4 is 0 Å². The molecule has 1 fully saturated rings. The van der Waals surface area contributed by atoms with Crippen molar-refractivity contribution in [1.29, 1.82) is 0 Å². The summed E-state index contributed by atoms with van der Waals surface area (Å²) in [4.78, 5) is 12.8. The van der Waals surface area contributed by atoms with E-state index in [0.717, 1.165) is 57.8 Å². The number of esters is 1. The van der Waals surface area contributed by atoms with Crippen molar-refractivity contribution in [1.82, 2.24) is 0 Å². The van der Waals surface area contributed by atoms with Crippen LogP contribution in [0.1, 0.15) is 174 Å². The first-order valence-electron chi connectivity index (χ1n) is 24.2. The smallest absolute Gasteiger partial charge is 0.306 e. The van der Waals surface area contributed by atoms with Crippen molar-refractivity contribution >= 4 is 5.97 Å². The molecule has 0 aromatic heterocycles. The highest BCUT2D eigenvalue weighted by atomic mass is 16.7. The first-order chi connectivity index (χ1) is 29.9. The van der Waals surface area contributed by atoms with Crippen molar-refractivity contribution in [3.05, 3.63) is 85.1 Å². The van der Waals surface area contributed by atoms with Gasteiger partial charge in [-0.1, -0.05) is 176 Å². The largest absolute Gasteiger partial charge is 0.457 e. The summed E-state index contributed by atoms with van der Waals surface area (Å²) in [5, 5.41) is 40.2. The van der Waals surface area contributed by atoms with Gasteiger partial charge in [-0.05, 0) is 77.0 Å². The molecule has 0 bridgehead atoms. The molecule has 0 amide bonds. The topological polar surface area (TPSA) is 135 Å². The fourth-order valence-corrected chi connectivity index (χ4v) is 6.81. The van der Waals surface area contributed by atoms with Gasteiger partial charge in [-0.15, -0.1) is 0 Å². The van der Waals surface area contributed by atoms with E-state index in [-0.39, 0.29) is 19.6 Å². The maximum atomic E-state index is 12.8. The van der Waals surface area contributed by atoms with Gasteiger partial charge in [0, 0.05) is 13.0 Å². The first kappa shape index (κ1) is 56.4. The van der Waals surface area contributed by atoms with E-state index in [2.05, 4.69) is 86.8 Å². The third kappa shape index (κ3) is 33.6. The van der Waals surface area contributed by atoms with E-state index < -0.39 is 49.4 Å². The average Bonchev–Trinajstić information content (AvgIpc) is 3.26. The third-order valence-electron chi connectivity index (χ3n) is 10.6. The predicted molar refractivity (Wildman–Crippen MR) is 251 cm³/mol. The molecule has 9 heteroatoms. The monoisotopic (exact) mass is 857 g/mol. The summed E-state index contributed by atoms with van der Waals surface area (Å²) in [7, 11) is 0. The number of carbonyl (C=O) groups is 1. The summed E-state index contributed by atoms with van der Waals surface area (Å²) < 4.78 is 22.8. The van der Waals surface area contributed by atoms with E-state index in [4.69, 9.17) is 18.9 Å². The Bertz CT molecular complexity index is 1200. The van der Waals surface area contributed by atoms with Crippen LogP contribution in [-0.2, 0) is 23.7 Å². The van der Waals surface area contributed by atoms with Crippen molar-refractivity contribution in [2.45, 2.75) is 211 Å². The molecule has 1 heterocycles. The highest BCUT2D eigenvalue weighted by Crippen LogP contribution is 2.22. The normalized spacial score (nSPS) is 20.7. The summed E-state index contributed by atoms with van der Waals surface area (Å²) in [6.07, 6.45) is 50.5. The minimum absolute atomic E-state index is 0.108. The second kappa shape index (κ2) is 42.7. The summed E-state index contributed by atoms with van der Waals surface area (Å²) in [5.41, 5.74) is 0. The molecule has 0 aliphatic carbocycles. The van der Waals surface area contributed by atoms with Gasteiger partial charge in [0.2, 0.25) is 0 Å². The second-order valence-electron chi connectivity index (χ2n) is 16.2. The molecule has 0 aromatic carbocycles. The SMILES string of the molecule is CC/C=C\C/C=C\C/C=C\C/C=C\C/C=C\C/C=C\CCC(=O)OC(COCCCCCCCCCC/C=C\CCCCCCCCC)COC1OC(CO)C(O)C(O)C1O. The summed E-state index contributed by atoms with van der Waals surface area (Å²) in [6.45, 7) is 4.34. The standard InChI is InChI=1S/C52H88O9/c1-3-5-7-9-11-13-15-17-19-21-23-25-27-29-31-33-35-37-39-41-48(54)60-46(45-59-52-51(57)50(56)49(55)47(43-53)61-52)44-58-42-40-38-36-34-32-30-28-26-24-22-20-18-16-14-12-10-8-6-4-2/h5,7,11,13,17,19-20,22-23,25,29,31,35,37,46-47,49-53,55-57H,3-4,6,8-10,12,14-16,18,21,24,26-28,30,32-34,36,38-45H2,1-2H3/b7-5-,13-11-,19-17-,22-20-,25-23-,31-29-,37-35-. The molecule has 6 unspecified atom stereocenters. The molecule has 0 aromatic rings. The third-order valence-corrected chi connectivity index (χ3v) is 10.6. The molecule has 0 saturated carbocycles. The predicted octanol–water partition coefficient (Wildman–Crippen LogP) is 11.4. The Labute approximate surface area is 371 Å². The van der Waals surface area contributed by atoms with Crippen LogP contribution in [0.15, 0.2) is 85.1 Å². The van der Waals surface area contributed by atoms with Crippen molar-refractivity contribution in [2.24, 2.45) is 0 Å². The lowest BCUT2D eigenvalue weighted by molar-refractivity contribution is -0.305. The van der Waals surface area contributed by atoms with Crippen LogP contribution in [0.5, 0.6) is 0 Å². The molecular weight excluding hydrogens is 769 g/mol. The minimum atomic E-state index is -1.55. The number of allylic oxidation sites excluding steroid dienone is 14. The van der Waals surface area contributed by atoms with Crippen LogP contribution in [0, 0.1) is 0 Å². The lowest BCUT2D eigenvalue weighted by atomic mass is 9.99. The zero-order valence-electron chi connectivity index (χ0n) is 38.4. The molecule has 1 aliphatic rings. The molecule has 6 atom stereocenters. The molecule has 350 valence electrons. The van der Waals surface area contributed by atoms with E-state index in [1.807, 2.05) is 12.2 Å². The van der Waals surface area contributed by atoms with Gasteiger partial charge in [0.05, 0.1) is 19.8 Å². The molecule has 1 aliphatic heterocycles. The number of hydrogen-bond acceptors (Lipinski definition) is 9. The number of hydrogen-bond donors (Lipinski definition) is 4. The van der Waals surface area contributed by atoms with Gasteiger partial charge in [-0.3, -0.25) is 4.79 Å². The fourth-order valence-electron chi connectivity index (χ4n) is 6.81. The Hall–Kier alpha value is -2.63. The van der Waals surface area contributed by atoms with Gasteiger partial charge in [-0.2, -0.15) is 0 Å². The van der Waals surface area contributed by atoms with Crippen LogP contribution in [0.2, 0.25) is 0 Å². The Kier molecular flexibility index (Phi) is 39.4. The van der Waals surface area contributed by atoms with Crippen LogP contribution in [-0.4, -0.2) is 89.6 Å². The van der Waals surface area contributed by atoms with Gasteiger partial charge in [0.15, 0.2) is 6.29 Å². The zero-order valence-corrected chi connectivity index (χ0v) is 38.4.